The van der Waals surface area contributed by atoms with E-state index in [1.54, 1.807) is 11.6 Å². The molecule has 0 amide bonds. The average molecular weight is 424 g/mol. The van der Waals surface area contributed by atoms with Crippen LogP contribution in [-0.4, -0.2) is 25.0 Å². The summed E-state index contributed by atoms with van der Waals surface area (Å²) in [6.07, 6.45) is -2.42. The second-order valence-electron chi connectivity index (χ2n) is 7.33. The Kier molecular flexibility index (Phi) is 4.53. The third-order valence-electron chi connectivity index (χ3n) is 5.29. The first kappa shape index (κ1) is 19.6. The van der Waals surface area contributed by atoms with Gasteiger partial charge in [0.2, 0.25) is 0 Å². The topological polar surface area (TPSA) is 76.5 Å². The maximum atomic E-state index is 13.0. The Bertz CT molecular complexity index is 1150. The summed E-state index contributed by atoms with van der Waals surface area (Å²) >= 11 is 6.27. The minimum Gasteiger partial charge on any atom is -0.311 e. The first-order chi connectivity index (χ1) is 13.6. The minimum absolute atomic E-state index is 0.0253. The van der Waals surface area contributed by atoms with Gasteiger partial charge in [0.25, 0.3) is 5.56 Å². The Balaban J connectivity index is 1.84. The van der Waals surface area contributed by atoms with Gasteiger partial charge in [-0.15, -0.1) is 5.10 Å². The van der Waals surface area contributed by atoms with Crippen molar-refractivity contribution in [3.63, 3.8) is 0 Å². The van der Waals surface area contributed by atoms with Gasteiger partial charge in [0.15, 0.2) is 0 Å². The van der Waals surface area contributed by atoms with E-state index in [0.29, 0.717) is 35.6 Å². The van der Waals surface area contributed by atoms with E-state index in [1.165, 1.54) is 12.1 Å². The fourth-order valence-electron chi connectivity index (χ4n) is 3.91. The molecule has 6 nitrogen and oxygen atoms in total. The molecule has 10 heteroatoms. The van der Waals surface area contributed by atoms with Gasteiger partial charge in [-0.05, 0) is 50.8 Å². The number of alkyl halides is 3. The Morgan fingerprint density at radius 2 is 2.03 bits per heavy atom. The van der Waals surface area contributed by atoms with Crippen LogP contribution in [0.5, 0.6) is 0 Å². The zero-order chi connectivity index (χ0) is 21.0. The number of hydrogen-bond acceptors (Lipinski definition) is 4. The van der Waals surface area contributed by atoms with Gasteiger partial charge in [0.05, 0.1) is 16.8 Å². The van der Waals surface area contributed by atoms with Gasteiger partial charge in [-0.25, -0.2) is 9.67 Å². The number of aryl methyl sites for hydroxylation is 1. The molecule has 0 bridgehead atoms. The molecule has 0 saturated carbocycles. The second kappa shape index (κ2) is 6.69. The van der Waals surface area contributed by atoms with Crippen LogP contribution in [-0.2, 0) is 18.1 Å². The van der Waals surface area contributed by atoms with E-state index in [2.05, 4.69) is 20.3 Å². The maximum absolute atomic E-state index is 13.0. The molecule has 2 aromatic heterocycles. The van der Waals surface area contributed by atoms with Crippen LogP contribution in [0.1, 0.15) is 42.4 Å². The first-order valence-corrected chi connectivity index (χ1v) is 9.38. The van der Waals surface area contributed by atoms with Crippen molar-refractivity contribution in [3.05, 3.63) is 62.3 Å². The van der Waals surface area contributed by atoms with Crippen molar-refractivity contribution in [2.75, 3.05) is 0 Å². The van der Waals surface area contributed by atoms with E-state index >= 15 is 0 Å². The van der Waals surface area contributed by atoms with Crippen molar-refractivity contribution in [2.24, 2.45) is 0 Å². The highest BCUT2D eigenvalue weighted by atomic mass is 35.5. The molecule has 3 aromatic rings. The molecule has 4 rings (SSSR count). The van der Waals surface area contributed by atoms with E-state index < -0.39 is 17.3 Å². The van der Waals surface area contributed by atoms with Crippen LogP contribution in [0.4, 0.5) is 13.2 Å². The average Bonchev–Trinajstić information content (AvgIpc) is 3.05. The molecule has 3 heterocycles. The number of halogens is 4. The fourth-order valence-corrected chi connectivity index (χ4v) is 4.29. The summed E-state index contributed by atoms with van der Waals surface area (Å²) in [5, 5.41) is 8.53. The molecule has 1 aliphatic rings. The van der Waals surface area contributed by atoms with Crippen molar-refractivity contribution in [2.45, 2.75) is 44.8 Å². The van der Waals surface area contributed by atoms with Gasteiger partial charge in [-0.2, -0.15) is 13.2 Å². The fraction of sp³-hybridized carbons (Fsp3) is 0.368. The molecule has 1 aromatic carbocycles. The molecule has 0 radical (unpaired) electrons. The van der Waals surface area contributed by atoms with Crippen LogP contribution >= 0.6 is 11.6 Å². The van der Waals surface area contributed by atoms with Gasteiger partial charge < -0.3 is 4.98 Å². The number of fused-ring (bicyclic) bond motifs is 1. The number of benzene rings is 1. The van der Waals surface area contributed by atoms with Gasteiger partial charge in [-0.3, -0.25) is 4.79 Å². The van der Waals surface area contributed by atoms with E-state index in [1.807, 2.05) is 6.92 Å². The Morgan fingerprint density at radius 3 is 2.69 bits per heavy atom. The number of hydrogen-bond donors (Lipinski definition) is 1. The lowest BCUT2D eigenvalue weighted by Crippen LogP contribution is -2.37. The standard InChI is InChI=1S/C19H17ClF3N5O/c1-10-24-14(9-16(29)25-10)17-15-4-3-7-18(2,28(15)27-26-17)12-6-5-11(8-13(12)20)19(21,22)23/h5-6,8-9H,3-4,7H2,1-2H3,(H,24,25,29)/t18-/m1/s1. The molecule has 0 spiro atoms. The predicted octanol–water partition coefficient (Wildman–Crippen LogP) is 4.11. The van der Waals surface area contributed by atoms with E-state index in [0.717, 1.165) is 24.2 Å². The lowest BCUT2D eigenvalue weighted by Gasteiger charge is -2.36. The quantitative estimate of drug-likeness (QED) is 0.673. The Labute approximate surface area is 168 Å². The van der Waals surface area contributed by atoms with E-state index in [-0.39, 0.29) is 10.6 Å². The third kappa shape index (κ3) is 3.33. The first-order valence-electron chi connectivity index (χ1n) is 9.00. The molecule has 1 aliphatic heterocycles. The number of aromatic nitrogens is 5. The third-order valence-corrected chi connectivity index (χ3v) is 5.60. The maximum Gasteiger partial charge on any atom is 0.416 e. The van der Waals surface area contributed by atoms with Crippen LogP contribution in [0.3, 0.4) is 0 Å². The number of H-pyrrole nitrogens is 1. The number of aromatic amines is 1. The SMILES string of the molecule is Cc1nc(-c2nnn3c2CCC[C@]3(C)c2ccc(C(F)(F)F)cc2Cl)cc(=O)[nH]1. The number of nitrogens with zero attached hydrogens (tertiary/aromatic N) is 4. The summed E-state index contributed by atoms with van der Waals surface area (Å²) in [5.41, 5.74) is 0.359. The summed E-state index contributed by atoms with van der Waals surface area (Å²) < 4.78 is 40.7. The normalized spacial score (nSPS) is 19.2. The van der Waals surface area contributed by atoms with Crippen LogP contribution in [0.15, 0.2) is 29.1 Å². The smallest absolute Gasteiger partial charge is 0.311 e. The summed E-state index contributed by atoms with van der Waals surface area (Å²) in [6, 6.07) is 4.72. The number of rotatable bonds is 2. The lowest BCUT2D eigenvalue weighted by atomic mass is 9.83. The summed E-state index contributed by atoms with van der Waals surface area (Å²) in [5.74, 6) is 0.457. The monoisotopic (exact) mass is 423 g/mol. The summed E-state index contributed by atoms with van der Waals surface area (Å²) in [7, 11) is 0. The summed E-state index contributed by atoms with van der Waals surface area (Å²) in [6.45, 7) is 3.55. The lowest BCUT2D eigenvalue weighted by molar-refractivity contribution is -0.137. The van der Waals surface area contributed by atoms with Gasteiger partial charge in [0.1, 0.15) is 17.2 Å². The Morgan fingerprint density at radius 1 is 1.28 bits per heavy atom. The molecule has 0 saturated heterocycles. The van der Waals surface area contributed by atoms with E-state index in [4.69, 9.17) is 11.6 Å². The van der Waals surface area contributed by atoms with Crippen molar-refractivity contribution < 1.29 is 13.2 Å². The van der Waals surface area contributed by atoms with Crippen LogP contribution in [0.25, 0.3) is 11.4 Å². The highest BCUT2D eigenvalue weighted by molar-refractivity contribution is 6.31. The molecule has 1 N–H and O–H groups in total. The van der Waals surface area contributed by atoms with Crippen molar-refractivity contribution >= 4 is 11.6 Å². The molecular weight excluding hydrogens is 407 g/mol. The molecule has 29 heavy (non-hydrogen) atoms. The molecule has 152 valence electrons. The van der Waals surface area contributed by atoms with Gasteiger partial charge in [-0.1, -0.05) is 22.9 Å². The van der Waals surface area contributed by atoms with Crippen LogP contribution in [0, 0.1) is 6.92 Å². The molecular formula is C19H17ClF3N5O. The minimum atomic E-state index is -4.47. The Hall–Kier alpha value is -2.68. The number of nitrogens with one attached hydrogen (secondary N) is 1. The van der Waals surface area contributed by atoms with E-state index in [9.17, 15) is 18.0 Å². The molecule has 0 aliphatic carbocycles. The highest BCUT2D eigenvalue weighted by Crippen LogP contribution is 2.42. The van der Waals surface area contributed by atoms with Gasteiger partial charge in [0, 0.05) is 11.1 Å². The zero-order valence-electron chi connectivity index (χ0n) is 15.6. The molecule has 1 atom stereocenters. The van der Waals surface area contributed by atoms with Crippen LogP contribution in [0.2, 0.25) is 5.02 Å². The molecule has 0 fully saturated rings. The second-order valence-corrected chi connectivity index (χ2v) is 7.74. The van der Waals surface area contributed by atoms with Crippen molar-refractivity contribution in [1.82, 2.24) is 25.0 Å². The predicted molar refractivity (Wildman–Crippen MR) is 101 cm³/mol. The molecule has 0 unspecified atom stereocenters. The van der Waals surface area contributed by atoms with Crippen molar-refractivity contribution in [3.8, 4) is 11.4 Å². The highest BCUT2D eigenvalue weighted by Gasteiger charge is 2.39. The zero-order valence-corrected chi connectivity index (χ0v) is 16.4. The summed E-state index contributed by atoms with van der Waals surface area (Å²) in [4.78, 5) is 18.7. The largest absolute Gasteiger partial charge is 0.416 e. The van der Waals surface area contributed by atoms with Crippen molar-refractivity contribution in [1.29, 1.82) is 0 Å². The van der Waals surface area contributed by atoms with Crippen LogP contribution < -0.4 is 5.56 Å². The van der Waals surface area contributed by atoms with Gasteiger partial charge >= 0.3 is 6.18 Å².